The fourth-order valence-corrected chi connectivity index (χ4v) is 3.77. The molecule has 1 fully saturated rings. The van der Waals surface area contributed by atoms with Crippen molar-refractivity contribution < 1.29 is 23.1 Å². The van der Waals surface area contributed by atoms with Crippen molar-refractivity contribution in [2.45, 2.75) is 25.5 Å². The number of nitrogens with zero attached hydrogens (tertiary/aromatic N) is 2. The number of nitrogens with one attached hydrogen (secondary N) is 2. The Balaban J connectivity index is 1.73. The maximum atomic E-state index is 14.6. The molecule has 1 heterocycles. The van der Waals surface area contributed by atoms with Gasteiger partial charge in [-0.3, -0.25) is 4.79 Å². The number of likely N-dealkylation sites (tertiary alicyclic amines) is 1. The number of rotatable bonds is 8. The Bertz CT molecular complexity index is 993. The number of carbonyl (C=O) groups is 1. The first-order valence-electron chi connectivity index (χ1n) is 10.4. The van der Waals surface area contributed by atoms with Gasteiger partial charge in [-0.2, -0.15) is 0 Å². The molecule has 1 aliphatic rings. The molecule has 3 N–H and O–H groups in total. The van der Waals surface area contributed by atoms with E-state index in [1.54, 1.807) is 13.0 Å². The molecule has 2 aromatic carbocycles. The normalized spacial score (nSPS) is 16.1. The Labute approximate surface area is 186 Å². The summed E-state index contributed by atoms with van der Waals surface area (Å²) < 4.78 is 42.7. The lowest BCUT2D eigenvalue weighted by atomic mass is 9.92. The summed E-state index contributed by atoms with van der Waals surface area (Å²) in [6.45, 7) is 4.87. The predicted molar refractivity (Wildman–Crippen MR) is 118 cm³/mol. The van der Waals surface area contributed by atoms with Gasteiger partial charge in [-0.25, -0.2) is 13.2 Å². The summed E-state index contributed by atoms with van der Waals surface area (Å²) in [6, 6.07) is 6.42. The maximum absolute atomic E-state index is 14.6. The molecule has 9 heteroatoms. The average molecular weight is 451 g/mol. The first-order valence-corrected chi connectivity index (χ1v) is 10.4. The highest BCUT2D eigenvalue weighted by molar-refractivity contribution is 6.01. The van der Waals surface area contributed by atoms with Crippen LogP contribution in [-0.2, 0) is 0 Å². The third kappa shape index (κ3) is 5.40. The molecule has 1 unspecified atom stereocenters. The van der Waals surface area contributed by atoms with Crippen molar-refractivity contribution in [3.05, 3.63) is 58.9 Å². The molecule has 1 aliphatic heterocycles. The number of carbonyl (C=O) groups excluding carboxylic acids is 1. The lowest BCUT2D eigenvalue weighted by Crippen LogP contribution is -2.68. The molecule has 1 atom stereocenters. The summed E-state index contributed by atoms with van der Waals surface area (Å²) in [7, 11) is 3.90. The lowest BCUT2D eigenvalue weighted by Gasteiger charge is -2.47. The van der Waals surface area contributed by atoms with E-state index in [9.17, 15) is 23.1 Å². The smallest absolute Gasteiger partial charge is 0.256 e. The van der Waals surface area contributed by atoms with E-state index in [1.165, 1.54) is 17.0 Å². The van der Waals surface area contributed by atoms with Crippen molar-refractivity contribution >= 4 is 17.3 Å². The third-order valence-electron chi connectivity index (χ3n) is 5.39. The second kappa shape index (κ2) is 9.48. The number of benzene rings is 2. The molecule has 3 rings (SSSR count). The van der Waals surface area contributed by atoms with E-state index in [2.05, 4.69) is 10.6 Å². The molecule has 32 heavy (non-hydrogen) atoms. The number of β-amino-alcohol motifs (C(OH)–C–C–N with tert-alkyl or cyclic N) is 1. The van der Waals surface area contributed by atoms with Crippen LogP contribution in [0.4, 0.5) is 24.5 Å². The van der Waals surface area contributed by atoms with Gasteiger partial charge in [0.2, 0.25) is 0 Å². The van der Waals surface area contributed by atoms with Crippen LogP contribution in [0, 0.1) is 24.4 Å². The quantitative estimate of drug-likeness (QED) is 0.577. The van der Waals surface area contributed by atoms with Crippen molar-refractivity contribution in [3.63, 3.8) is 0 Å². The second-order valence-corrected chi connectivity index (χ2v) is 8.82. The fourth-order valence-electron chi connectivity index (χ4n) is 3.77. The van der Waals surface area contributed by atoms with Crippen LogP contribution < -0.4 is 10.6 Å². The third-order valence-corrected chi connectivity index (χ3v) is 5.39. The molecular formula is C23H29F3N4O2. The molecule has 0 spiro atoms. The Kier molecular flexibility index (Phi) is 7.12. The molecule has 1 saturated heterocycles. The van der Waals surface area contributed by atoms with E-state index < -0.39 is 34.6 Å². The molecular weight excluding hydrogens is 421 g/mol. The zero-order valence-electron chi connectivity index (χ0n) is 18.7. The van der Waals surface area contributed by atoms with E-state index in [1.807, 2.05) is 25.9 Å². The van der Waals surface area contributed by atoms with Crippen molar-refractivity contribution in [2.24, 2.45) is 0 Å². The minimum absolute atomic E-state index is 0.0465. The van der Waals surface area contributed by atoms with E-state index in [0.717, 1.165) is 18.7 Å². The van der Waals surface area contributed by atoms with Crippen molar-refractivity contribution in [1.82, 2.24) is 15.1 Å². The van der Waals surface area contributed by atoms with Crippen LogP contribution in [-0.4, -0.2) is 72.7 Å². The zero-order valence-corrected chi connectivity index (χ0v) is 18.7. The molecule has 2 aromatic rings. The summed E-state index contributed by atoms with van der Waals surface area (Å²) in [4.78, 5) is 16.3. The van der Waals surface area contributed by atoms with Gasteiger partial charge < -0.3 is 25.5 Å². The first-order chi connectivity index (χ1) is 15.0. The van der Waals surface area contributed by atoms with Crippen molar-refractivity contribution in [3.8, 4) is 0 Å². The van der Waals surface area contributed by atoms with Gasteiger partial charge in [0, 0.05) is 19.1 Å². The van der Waals surface area contributed by atoms with E-state index >= 15 is 0 Å². The maximum Gasteiger partial charge on any atom is 0.256 e. The van der Waals surface area contributed by atoms with Gasteiger partial charge in [-0.15, -0.1) is 0 Å². The number of amides is 1. The largest absolute Gasteiger partial charge is 0.385 e. The fraction of sp³-hybridized carbons (Fsp3) is 0.435. The molecule has 0 bridgehead atoms. The van der Waals surface area contributed by atoms with Gasteiger partial charge in [0.1, 0.15) is 11.4 Å². The number of aliphatic hydroxyl groups is 1. The predicted octanol–water partition coefficient (Wildman–Crippen LogP) is 2.88. The van der Waals surface area contributed by atoms with Crippen LogP contribution >= 0.6 is 0 Å². The van der Waals surface area contributed by atoms with Gasteiger partial charge in [-0.05, 0) is 57.8 Å². The highest BCUT2D eigenvalue weighted by Gasteiger charge is 2.44. The van der Waals surface area contributed by atoms with Crippen molar-refractivity contribution in [1.29, 1.82) is 0 Å². The number of anilines is 2. The lowest BCUT2D eigenvalue weighted by molar-refractivity contribution is -0.0797. The summed E-state index contributed by atoms with van der Waals surface area (Å²) in [6.07, 6.45) is 0. The molecule has 0 saturated carbocycles. The Morgan fingerprint density at radius 2 is 1.88 bits per heavy atom. The topological polar surface area (TPSA) is 67.8 Å². The zero-order chi connectivity index (χ0) is 23.6. The Morgan fingerprint density at radius 3 is 2.50 bits per heavy atom. The summed E-state index contributed by atoms with van der Waals surface area (Å²) in [5.41, 5.74) is -1.09. The van der Waals surface area contributed by atoms with E-state index in [0.29, 0.717) is 12.1 Å². The summed E-state index contributed by atoms with van der Waals surface area (Å²) in [5, 5.41) is 16.4. The second-order valence-electron chi connectivity index (χ2n) is 8.82. The molecule has 1 amide bonds. The van der Waals surface area contributed by atoms with E-state index in [-0.39, 0.29) is 30.4 Å². The molecule has 6 nitrogen and oxygen atoms in total. The van der Waals surface area contributed by atoms with Gasteiger partial charge in [-0.1, -0.05) is 6.07 Å². The monoisotopic (exact) mass is 450 g/mol. The molecule has 0 aromatic heterocycles. The highest BCUT2D eigenvalue weighted by atomic mass is 19.2. The molecule has 0 radical (unpaired) electrons. The van der Waals surface area contributed by atoms with Gasteiger partial charge in [0.15, 0.2) is 11.6 Å². The molecule has 174 valence electrons. The number of hydrogen-bond donors (Lipinski definition) is 3. The van der Waals surface area contributed by atoms with E-state index in [4.69, 9.17) is 0 Å². The standard InChI is InChI=1S/C23H29F3N4O2/c1-14-5-8-19(18(25)9-14)28-21-16(6-7-17(24)20(21)26)22(31)30-12-23(32,13-30)11-27-15(2)10-29(3)4/h5-9,15,27-28,32H,10-13H2,1-4H3. The summed E-state index contributed by atoms with van der Waals surface area (Å²) >= 11 is 0. The summed E-state index contributed by atoms with van der Waals surface area (Å²) in [5.74, 6) is -3.66. The highest BCUT2D eigenvalue weighted by Crippen LogP contribution is 2.31. The number of halogens is 3. The Morgan fingerprint density at radius 1 is 1.19 bits per heavy atom. The van der Waals surface area contributed by atoms with Crippen molar-refractivity contribution in [2.75, 3.05) is 45.6 Å². The molecule has 0 aliphatic carbocycles. The first kappa shape index (κ1) is 24.0. The van der Waals surface area contributed by atoms with Crippen LogP contribution in [0.1, 0.15) is 22.8 Å². The van der Waals surface area contributed by atoms with Gasteiger partial charge in [0.05, 0.1) is 30.0 Å². The van der Waals surface area contributed by atoms with Gasteiger partial charge in [0.25, 0.3) is 5.91 Å². The van der Waals surface area contributed by atoms with Crippen LogP contribution in [0.15, 0.2) is 30.3 Å². The van der Waals surface area contributed by atoms with Crippen LogP contribution in [0.2, 0.25) is 0 Å². The minimum atomic E-state index is -1.27. The Hall–Kier alpha value is -2.62. The van der Waals surface area contributed by atoms with Gasteiger partial charge >= 0.3 is 0 Å². The number of hydrogen-bond acceptors (Lipinski definition) is 5. The number of likely N-dealkylation sites (N-methyl/N-ethyl adjacent to an activating group) is 1. The van der Waals surface area contributed by atoms with Crippen LogP contribution in [0.5, 0.6) is 0 Å². The average Bonchev–Trinajstić information content (AvgIpc) is 2.68. The minimum Gasteiger partial charge on any atom is -0.385 e. The number of aryl methyl sites for hydroxylation is 1. The SMILES string of the molecule is Cc1ccc(Nc2c(C(=O)N3CC(O)(CNC(C)CN(C)C)C3)ccc(F)c2F)c(F)c1. The van der Waals surface area contributed by atoms with Crippen LogP contribution in [0.3, 0.4) is 0 Å². The van der Waals surface area contributed by atoms with Crippen LogP contribution in [0.25, 0.3) is 0 Å².